The monoisotopic (exact) mass is 398 g/mol. The van der Waals surface area contributed by atoms with Gasteiger partial charge in [0.15, 0.2) is 0 Å². The number of hydrogen-bond acceptors (Lipinski definition) is 7. The average molecular weight is 399 g/mol. The molecule has 0 atom stereocenters. The number of anilines is 1. The minimum Gasteiger partial charge on any atom is -0.479 e. The van der Waals surface area contributed by atoms with Crippen molar-refractivity contribution in [2.45, 2.75) is 6.42 Å². The van der Waals surface area contributed by atoms with Crippen LogP contribution >= 0.6 is 15.9 Å². The van der Waals surface area contributed by atoms with Crippen molar-refractivity contribution in [3.63, 3.8) is 0 Å². The first-order valence-electron chi connectivity index (χ1n) is 7.44. The van der Waals surface area contributed by atoms with Crippen molar-refractivity contribution in [3.8, 4) is 5.88 Å². The van der Waals surface area contributed by atoms with Gasteiger partial charge in [-0.15, -0.1) is 0 Å². The third-order valence-electron chi connectivity index (χ3n) is 3.31. The van der Waals surface area contributed by atoms with Gasteiger partial charge in [-0.05, 0) is 40.2 Å². The maximum absolute atomic E-state index is 5.21. The summed E-state index contributed by atoms with van der Waals surface area (Å²) in [5.41, 5.74) is 6.19. The molecule has 8 heteroatoms. The second kappa shape index (κ2) is 8.29. The second-order valence-electron chi connectivity index (χ2n) is 4.98. The molecule has 0 radical (unpaired) electrons. The highest BCUT2D eigenvalue weighted by atomic mass is 79.9. The molecule has 0 amide bonds. The number of hydrogen-bond donors (Lipinski definition) is 1. The summed E-state index contributed by atoms with van der Waals surface area (Å²) in [6.45, 7) is 0. The molecule has 3 aromatic rings. The van der Waals surface area contributed by atoms with Crippen LogP contribution in [0.5, 0.6) is 5.88 Å². The number of pyridine rings is 2. The van der Waals surface area contributed by atoms with E-state index in [1.54, 1.807) is 25.7 Å². The van der Waals surface area contributed by atoms with Crippen molar-refractivity contribution in [2.75, 3.05) is 12.5 Å². The van der Waals surface area contributed by atoms with E-state index in [9.17, 15) is 0 Å². The summed E-state index contributed by atoms with van der Waals surface area (Å²) in [5.74, 6) is 0.423. The summed E-state index contributed by atoms with van der Waals surface area (Å²) in [4.78, 5) is 16.6. The fraction of sp³-hybridized carbons (Fsp3) is 0.118. The third-order valence-corrected chi connectivity index (χ3v) is 3.75. The largest absolute Gasteiger partial charge is 0.479 e. The van der Waals surface area contributed by atoms with Crippen LogP contribution in [0.4, 0.5) is 5.69 Å². The minimum absolute atomic E-state index is 0.423. The highest BCUT2D eigenvalue weighted by Gasteiger charge is 2.09. The molecule has 0 unspecified atom stereocenters. The number of nitrogens with one attached hydrogen (secondary N) is 1. The first-order chi connectivity index (χ1) is 12.3. The Morgan fingerprint density at radius 2 is 2.12 bits per heavy atom. The summed E-state index contributed by atoms with van der Waals surface area (Å²) in [6, 6.07) is 9.59. The SMILES string of the molecule is COc1ncncc1N/N=C(/Cc1ccccn1)c1ccnc(Br)c1. The highest BCUT2D eigenvalue weighted by molar-refractivity contribution is 9.10. The Morgan fingerprint density at radius 1 is 1.20 bits per heavy atom. The molecule has 0 saturated heterocycles. The van der Waals surface area contributed by atoms with Gasteiger partial charge in [-0.2, -0.15) is 10.1 Å². The first-order valence-corrected chi connectivity index (χ1v) is 8.24. The number of ether oxygens (including phenoxy) is 1. The Labute approximate surface area is 153 Å². The maximum Gasteiger partial charge on any atom is 0.242 e. The molecule has 0 aromatic carbocycles. The van der Waals surface area contributed by atoms with E-state index in [-0.39, 0.29) is 0 Å². The fourth-order valence-electron chi connectivity index (χ4n) is 2.15. The van der Waals surface area contributed by atoms with E-state index in [4.69, 9.17) is 4.74 Å². The zero-order valence-corrected chi connectivity index (χ0v) is 15.0. The van der Waals surface area contributed by atoms with E-state index in [1.807, 2.05) is 30.3 Å². The second-order valence-corrected chi connectivity index (χ2v) is 5.79. The lowest BCUT2D eigenvalue weighted by atomic mass is 10.1. The van der Waals surface area contributed by atoms with Gasteiger partial charge in [0.25, 0.3) is 0 Å². The van der Waals surface area contributed by atoms with Crippen LogP contribution in [0.2, 0.25) is 0 Å². The summed E-state index contributed by atoms with van der Waals surface area (Å²) in [6.07, 6.45) is 7.06. The zero-order chi connectivity index (χ0) is 17.5. The molecule has 3 aromatic heterocycles. The summed E-state index contributed by atoms with van der Waals surface area (Å²) in [7, 11) is 1.55. The van der Waals surface area contributed by atoms with Gasteiger partial charge in [-0.3, -0.25) is 10.4 Å². The number of halogens is 1. The number of methoxy groups -OCH3 is 1. The van der Waals surface area contributed by atoms with Crippen LogP contribution < -0.4 is 10.2 Å². The molecule has 0 aliphatic heterocycles. The summed E-state index contributed by atoms with van der Waals surface area (Å²) in [5, 5.41) is 4.53. The van der Waals surface area contributed by atoms with E-state index >= 15 is 0 Å². The van der Waals surface area contributed by atoms with Crippen molar-refractivity contribution in [3.05, 3.63) is 71.1 Å². The molecule has 3 rings (SSSR count). The molecular formula is C17H15BrN6O. The third kappa shape index (κ3) is 4.57. The summed E-state index contributed by atoms with van der Waals surface area (Å²) < 4.78 is 5.94. The predicted octanol–water partition coefficient (Wildman–Crippen LogP) is 3.10. The van der Waals surface area contributed by atoms with Crippen LogP contribution in [0.15, 0.2) is 65.0 Å². The van der Waals surface area contributed by atoms with E-state index in [0.29, 0.717) is 18.0 Å². The van der Waals surface area contributed by atoms with Gasteiger partial charge in [0.1, 0.15) is 16.6 Å². The molecule has 7 nitrogen and oxygen atoms in total. The Balaban J connectivity index is 1.92. The van der Waals surface area contributed by atoms with Crippen LogP contribution in [0, 0.1) is 0 Å². The van der Waals surface area contributed by atoms with Crippen LogP contribution in [-0.2, 0) is 6.42 Å². The average Bonchev–Trinajstić information content (AvgIpc) is 2.66. The molecule has 0 aliphatic rings. The molecule has 0 aliphatic carbocycles. The van der Waals surface area contributed by atoms with Gasteiger partial charge in [0.05, 0.1) is 19.0 Å². The fourth-order valence-corrected chi connectivity index (χ4v) is 2.51. The predicted molar refractivity (Wildman–Crippen MR) is 98.6 cm³/mol. The van der Waals surface area contributed by atoms with Gasteiger partial charge in [-0.25, -0.2) is 9.97 Å². The number of nitrogens with zero attached hydrogens (tertiary/aromatic N) is 5. The normalized spacial score (nSPS) is 11.2. The Hall–Kier alpha value is -2.87. The molecule has 0 spiro atoms. The van der Waals surface area contributed by atoms with Gasteiger partial charge < -0.3 is 4.74 Å². The topological polar surface area (TPSA) is 85.2 Å². The smallest absolute Gasteiger partial charge is 0.242 e. The molecule has 1 N–H and O–H groups in total. The van der Waals surface area contributed by atoms with E-state index in [2.05, 4.69) is 46.4 Å². The van der Waals surface area contributed by atoms with Gasteiger partial charge in [0.2, 0.25) is 5.88 Å². The van der Waals surface area contributed by atoms with Crippen LogP contribution in [0.3, 0.4) is 0 Å². The lowest BCUT2D eigenvalue weighted by Crippen LogP contribution is -2.10. The Morgan fingerprint density at radius 3 is 2.88 bits per heavy atom. The van der Waals surface area contributed by atoms with Crippen LogP contribution in [-0.4, -0.2) is 32.8 Å². The van der Waals surface area contributed by atoms with Crippen molar-refractivity contribution >= 4 is 27.3 Å². The van der Waals surface area contributed by atoms with Crippen molar-refractivity contribution < 1.29 is 4.74 Å². The minimum atomic E-state index is 0.423. The maximum atomic E-state index is 5.21. The molecule has 25 heavy (non-hydrogen) atoms. The van der Waals surface area contributed by atoms with E-state index in [1.165, 1.54) is 6.33 Å². The van der Waals surface area contributed by atoms with E-state index < -0.39 is 0 Å². The molecular weight excluding hydrogens is 384 g/mol. The quantitative estimate of drug-likeness (QED) is 0.390. The van der Waals surface area contributed by atoms with Gasteiger partial charge in [0, 0.05) is 30.1 Å². The molecule has 0 bridgehead atoms. The molecule has 0 saturated carbocycles. The molecule has 126 valence electrons. The van der Waals surface area contributed by atoms with Crippen molar-refractivity contribution in [1.82, 2.24) is 19.9 Å². The lowest BCUT2D eigenvalue weighted by Gasteiger charge is -2.09. The Bertz CT molecular complexity index is 872. The highest BCUT2D eigenvalue weighted by Crippen LogP contribution is 2.19. The first kappa shape index (κ1) is 17.0. The van der Waals surface area contributed by atoms with Crippen molar-refractivity contribution in [2.24, 2.45) is 5.10 Å². The zero-order valence-electron chi connectivity index (χ0n) is 13.4. The Kier molecular flexibility index (Phi) is 5.63. The number of rotatable bonds is 6. The molecule has 3 heterocycles. The standard InChI is InChI=1S/C17H15BrN6O/c1-25-17-15(10-19-11-22-17)24-23-14(9-13-4-2-3-6-20-13)12-5-7-21-16(18)8-12/h2-8,10-11,24H,9H2,1H3/b23-14-. The number of hydrazone groups is 1. The van der Waals surface area contributed by atoms with Crippen molar-refractivity contribution in [1.29, 1.82) is 0 Å². The molecule has 0 fully saturated rings. The van der Waals surface area contributed by atoms with Crippen LogP contribution in [0.25, 0.3) is 0 Å². The van der Waals surface area contributed by atoms with E-state index in [0.717, 1.165) is 21.6 Å². The summed E-state index contributed by atoms with van der Waals surface area (Å²) >= 11 is 3.39. The number of aromatic nitrogens is 4. The van der Waals surface area contributed by atoms with Crippen LogP contribution in [0.1, 0.15) is 11.3 Å². The van der Waals surface area contributed by atoms with Gasteiger partial charge in [-0.1, -0.05) is 6.07 Å². The van der Waals surface area contributed by atoms with Gasteiger partial charge >= 0.3 is 0 Å². The lowest BCUT2D eigenvalue weighted by molar-refractivity contribution is 0.398.